The van der Waals surface area contributed by atoms with Crippen LogP contribution in [0, 0.1) is 0 Å². The number of carbonyl (C=O) groups excluding carboxylic acids is 3. The van der Waals surface area contributed by atoms with E-state index in [2.05, 4.69) is 9.78 Å². The van der Waals surface area contributed by atoms with Crippen LogP contribution in [-0.2, 0) is 25.8 Å². The molecule has 1 aliphatic rings. The van der Waals surface area contributed by atoms with Crippen molar-refractivity contribution in [2.24, 2.45) is 0 Å². The fourth-order valence-electron chi connectivity index (χ4n) is 2.40. The largest absolute Gasteiger partial charge is 0.453 e. The van der Waals surface area contributed by atoms with Crippen LogP contribution in [0.1, 0.15) is 12.0 Å². The van der Waals surface area contributed by atoms with Gasteiger partial charge in [-0.25, -0.2) is 24.2 Å². The lowest BCUT2D eigenvalue weighted by atomic mass is 10.1. The van der Waals surface area contributed by atoms with Crippen LogP contribution >= 0.6 is 11.8 Å². The van der Waals surface area contributed by atoms with Gasteiger partial charge in [0.2, 0.25) is 0 Å². The second-order valence-electron chi connectivity index (χ2n) is 5.79. The number of hydrogen-bond donors (Lipinski definition) is 0. The van der Waals surface area contributed by atoms with E-state index in [4.69, 9.17) is 0 Å². The summed E-state index contributed by atoms with van der Waals surface area (Å²) in [5, 5.41) is 0. The third-order valence-electron chi connectivity index (χ3n) is 3.88. The van der Waals surface area contributed by atoms with Crippen LogP contribution in [0.3, 0.4) is 0 Å². The van der Waals surface area contributed by atoms with Crippen LogP contribution in [0.25, 0.3) is 0 Å². The van der Waals surface area contributed by atoms with Gasteiger partial charge in [0.15, 0.2) is 0 Å². The van der Waals surface area contributed by atoms with Crippen molar-refractivity contribution in [3.63, 3.8) is 0 Å². The molecule has 2 rings (SSSR count). The first-order valence-electron chi connectivity index (χ1n) is 8.33. The lowest BCUT2D eigenvalue weighted by Gasteiger charge is -2.30. The highest BCUT2D eigenvalue weighted by Gasteiger charge is 2.20. The average molecular weight is 378 g/mol. The first kappa shape index (κ1) is 19.9. The van der Waals surface area contributed by atoms with Crippen LogP contribution in [0.2, 0.25) is 0 Å². The van der Waals surface area contributed by atoms with Gasteiger partial charge < -0.3 is 9.80 Å². The van der Waals surface area contributed by atoms with Gasteiger partial charge in [0, 0.05) is 31.6 Å². The molecule has 1 amide bonds. The summed E-state index contributed by atoms with van der Waals surface area (Å²) < 4.78 is 0. The van der Waals surface area contributed by atoms with Crippen LogP contribution in [-0.4, -0.2) is 66.0 Å². The minimum atomic E-state index is -0.836. The summed E-state index contributed by atoms with van der Waals surface area (Å²) in [6.45, 7) is 1.54. The van der Waals surface area contributed by atoms with Crippen molar-refractivity contribution >= 4 is 29.8 Å². The number of rotatable bonds is 6. The molecule has 7 nitrogen and oxygen atoms in total. The van der Waals surface area contributed by atoms with E-state index in [1.54, 1.807) is 0 Å². The second-order valence-corrected chi connectivity index (χ2v) is 7.02. The minimum absolute atomic E-state index is 0.0502. The van der Waals surface area contributed by atoms with Crippen molar-refractivity contribution in [1.29, 1.82) is 0 Å². The van der Waals surface area contributed by atoms with E-state index in [0.717, 1.165) is 30.2 Å². The fourth-order valence-corrected chi connectivity index (χ4v) is 3.30. The lowest BCUT2D eigenvalue weighted by molar-refractivity contribution is -0.236. The van der Waals surface area contributed by atoms with E-state index in [-0.39, 0.29) is 13.0 Å². The van der Waals surface area contributed by atoms with Crippen LogP contribution < -0.4 is 0 Å². The number of hydrogen-bond acceptors (Lipinski definition) is 7. The third-order valence-corrected chi connectivity index (χ3v) is 4.82. The molecule has 0 spiro atoms. The molecule has 0 radical (unpaired) electrons. The Hall–Kier alpha value is -2.44. The van der Waals surface area contributed by atoms with E-state index in [1.807, 2.05) is 52.9 Å². The number of likely N-dealkylation sites (N-methyl/N-ethyl adjacent to an activating group) is 1. The molecule has 1 heterocycles. The summed E-state index contributed by atoms with van der Waals surface area (Å²) in [5.41, 5.74) is 1.38. The fraction of sp³-hybridized carbons (Fsp3) is 0.444. The van der Waals surface area contributed by atoms with Gasteiger partial charge in [-0.2, -0.15) is 11.8 Å². The normalized spacial score (nSPS) is 13.5. The predicted octanol–water partition coefficient (Wildman–Crippen LogP) is 1.91. The van der Waals surface area contributed by atoms with Crippen LogP contribution in [0.5, 0.6) is 0 Å². The van der Waals surface area contributed by atoms with Crippen molar-refractivity contribution in [3.05, 3.63) is 41.6 Å². The molecular formula is C18H22N2O5S. The Bertz CT molecular complexity index is 655. The Morgan fingerprint density at radius 1 is 1.19 bits per heavy atom. The number of amides is 1. The zero-order chi connectivity index (χ0) is 18.8. The average Bonchev–Trinajstić information content (AvgIpc) is 2.69. The summed E-state index contributed by atoms with van der Waals surface area (Å²) in [7, 11) is 1.47. The summed E-state index contributed by atoms with van der Waals surface area (Å²) >= 11 is 1.82. The van der Waals surface area contributed by atoms with Crippen molar-refractivity contribution in [2.45, 2.75) is 12.8 Å². The van der Waals surface area contributed by atoms with E-state index in [0.29, 0.717) is 12.1 Å². The quantitative estimate of drug-likeness (QED) is 0.425. The van der Waals surface area contributed by atoms with Gasteiger partial charge in [0.25, 0.3) is 0 Å². The Balaban J connectivity index is 1.72. The molecule has 140 valence electrons. The molecule has 0 saturated carbocycles. The van der Waals surface area contributed by atoms with E-state index >= 15 is 0 Å². The van der Waals surface area contributed by atoms with Crippen molar-refractivity contribution < 1.29 is 24.2 Å². The monoisotopic (exact) mass is 378 g/mol. The molecule has 0 atom stereocenters. The third kappa shape index (κ3) is 6.46. The first-order valence-corrected chi connectivity index (χ1v) is 9.48. The van der Waals surface area contributed by atoms with Crippen LogP contribution in [0.15, 0.2) is 36.0 Å². The standard InChI is InChI=1S/C18H22N2O5S/c1-19(13-16(14-21)20-9-11-26-12-10-20)18(23)25-24-17(22)8-7-15-5-3-2-4-6-15/h2-6H,7-13H2,1H3. The van der Waals surface area contributed by atoms with Gasteiger partial charge in [0.1, 0.15) is 11.6 Å². The molecular weight excluding hydrogens is 356 g/mol. The minimum Gasteiger partial charge on any atom is -0.363 e. The highest BCUT2D eigenvalue weighted by atomic mass is 32.2. The van der Waals surface area contributed by atoms with Gasteiger partial charge in [-0.05, 0) is 12.0 Å². The maximum Gasteiger partial charge on any atom is 0.453 e. The Labute approximate surface area is 156 Å². The van der Waals surface area contributed by atoms with Gasteiger partial charge in [-0.1, -0.05) is 30.3 Å². The Kier molecular flexibility index (Phi) is 8.05. The highest BCUT2D eigenvalue weighted by molar-refractivity contribution is 7.99. The SMILES string of the molecule is CN(CC(=C=O)N1CCSCC1)C(=O)OOC(=O)CCc1ccccc1. The molecule has 0 bridgehead atoms. The molecule has 1 aromatic rings. The van der Waals surface area contributed by atoms with E-state index in [1.165, 1.54) is 11.9 Å². The summed E-state index contributed by atoms with van der Waals surface area (Å²) in [5.74, 6) is 3.12. The zero-order valence-corrected chi connectivity index (χ0v) is 15.5. The van der Waals surface area contributed by atoms with Crippen molar-refractivity contribution in [3.8, 4) is 0 Å². The maximum absolute atomic E-state index is 11.9. The highest BCUT2D eigenvalue weighted by Crippen LogP contribution is 2.14. The van der Waals surface area contributed by atoms with Gasteiger partial charge in [-0.3, -0.25) is 0 Å². The molecule has 8 heteroatoms. The zero-order valence-electron chi connectivity index (χ0n) is 14.7. The summed E-state index contributed by atoms with van der Waals surface area (Å²) in [4.78, 5) is 46.9. The maximum atomic E-state index is 11.9. The van der Waals surface area contributed by atoms with Gasteiger partial charge in [0.05, 0.1) is 13.0 Å². The summed E-state index contributed by atoms with van der Waals surface area (Å²) in [6, 6.07) is 9.47. The van der Waals surface area contributed by atoms with E-state index < -0.39 is 12.1 Å². The van der Waals surface area contributed by atoms with Crippen LogP contribution in [0.4, 0.5) is 4.79 Å². The molecule has 0 unspecified atom stereocenters. The Morgan fingerprint density at radius 3 is 2.54 bits per heavy atom. The smallest absolute Gasteiger partial charge is 0.363 e. The molecule has 1 saturated heterocycles. The predicted molar refractivity (Wildman–Crippen MR) is 98.1 cm³/mol. The number of aryl methyl sites for hydroxylation is 1. The topological polar surface area (TPSA) is 76.2 Å². The first-order chi connectivity index (χ1) is 12.6. The molecule has 26 heavy (non-hydrogen) atoms. The molecule has 0 N–H and O–H groups in total. The number of benzene rings is 1. The Morgan fingerprint density at radius 2 is 1.88 bits per heavy atom. The van der Waals surface area contributed by atoms with Gasteiger partial charge in [-0.15, -0.1) is 0 Å². The lowest BCUT2D eigenvalue weighted by Crippen LogP contribution is -2.39. The van der Waals surface area contributed by atoms with Crippen molar-refractivity contribution in [2.75, 3.05) is 38.2 Å². The molecule has 0 aromatic heterocycles. The number of carbonyl (C=O) groups is 2. The molecule has 1 aliphatic heterocycles. The van der Waals surface area contributed by atoms with Gasteiger partial charge >= 0.3 is 12.1 Å². The molecule has 1 aromatic carbocycles. The van der Waals surface area contributed by atoms with E-state index in [9.17, 15) is 14.4 Å². The number of thioether (sulfide) groups is 1. The summed E-state index contributed by atoms with van der Waals surface area (Å²) in [6.07, 6.45) is -0.235. The van der Waals surface area contributed by atoms with Crippen molar-refractivity contribution in [1.82, 2.24) is 9.80 Å². The second kappa shape index (κ2) is 10.5. The number of nitrogens with zero attached hydrogens (tertiary/aromatic N) is 2. The molecule has 1 fully saturated rings. The molecule has 0 aliphatic carbocycles.